The second-order valence-corrected chi connectivity index (χ2v) is 5.81. The average molecular weight is 226 g/mol. The van der Waals surface area contributed by atoms with E-state index in [1.807, 2.05) is 25.7 Å². The number of carbonyl (C=O) groups excluding carboxylic acids is 1. The van der Waals surface area contributed by atoms with E-state index in [4.69, 9.17) is 4.74 Å². The van der Waals surface area contributed by atoms with Gasteiger partial charge in [0.05, 0.1) is 6.04 Å². The number of nitrogens with zero attached hydrogens (tertiary/aromatic N) is 1. The quantitative estimate of drug-likeness (QED) is 0.682. The van der Waals surface area contributed by atoms with Crippen LogP contribution >= 0.6 is 0 Å². The fraction of sp³-hybridized carbons (Fsp3) is 0.917. The molecule has 2 aliphatic heterocycles. The summed E-state index contributed by atoms with van der Waals surface area (Å²) >= 11 is 0. The Morgan fingerprint density at radius 1 is 1.44 bits per heavy atom. The van der Waals surface area contributed by atoms with Crippen molar-refractivity contribution in [2.75, 3.05) is 19.6 Å². The smallest absolute Gasteiger partial charge is 0.410 e. The van der Waals surface area contributed by atoms with Crippen LogP contribution in [0, 0.1) is 5.92 Å². The van der Waals surface area contributed by atoms with Crippen molar-refractivity contribution >= 4 is 6.09 Å². The maximum atomic E-state index is 11.9. The zero-order chi connectivity index (χ0) is 11.8. The topological polar surface area (TPSA) is 41.6 Å². The molecule has 0 aromatic carbocycles. The Labute approximate surface area is 97.3 Å². The molecule has 2 atom stereocenters. The Kier molecular flexibility index (Phi) is 3.10. The van der Waals surface area contributed by atoms with E-state index in [-0.39, 0.29) is 11.7 Å². The number of fused-ring (bicyclic) bond motifs is 1. The van der Waals surface area contributed by atoms with Crippen LogP contribution in [0.4, 0.5) is 4.79 Å². The first-order valence-electron chi connectivity index (χ1n) is 6.18. The Hall–Kier alpha value is -0.770. The SMILES string of the molecule is CC(C)(C)OC(=O)N1C[C@H]2CCCNC[C@H]21. The molecule has 2 saturated heterocycles. The van der Waals surface area contributed by atoms with Gasteiger partial charge in [0, 0.05) is 13.1 Å². The van der Waals surface area contributed by atoms with E-state index in [0.29, 0.717) is 12.0 Å². The van der Waals surface area contributed by atoms with Crippen LogP contribution in [0.25, 0.3) is 0 Å². The van der Waals surface area contributed by atoms with Gasteiger partial charge in [0.2, 0.25) is 0 Å². The third-order valence-electron chi connectivity index (χ3n) is 3.29. The normalized spacial score (nSPS) is 30.1. The van der Waals surface area contributed by atoms with E-state index in [1.165, 1.54) is 12.8 Å². The predicted octanol–water partition coefficient (Wildman–Crippen LogP) is 1.61. The predicted molar refractivity (Wildman–Crippen MR) is 62.3 cm³/mol. The maximum absolute atomic E-state index is 11.9. The summed E-state index contributed by atoms with van der Waals surface area (Å²) in [6.45, 7) is 8.61. The van der Waals surface area contributed by atoms with E-state index in [0.717, 1.165) is 19.6 Å². The van der Waals surface area contributed by atoms with Crippen molar-refractivity contribution < 1.29 is 9.53 Å². The molecule has 2 fully saturated rings. The lowest BCUT2D eigenvalue weighted by atomic mass is 9.86. The Balaban J connectivity index is 1.90. The number of likely N-dealkylation sites (tertiary alicyclic amines) is 1. The summed E-state index contributed by atoms with van der Waals surface area (Å²) in [5.41, 5.74) is -0.389. The van der Waals surface area contributed by atoms with E-state index >= 15 is 0 Å². The first kappa shape index (κ1) is 11.7. The van der Waals surface area contributed by atoms with Crippen LogP contribution in [0.15, 0.2) is 0 Å². The van der Waals surface area contributed by atoms with Crippen molar-refractivity contribution in [2.45, 2.75) is 45.3 Å². The highest BCUT2D eigenvalue weighted by Gasteiger charge is 2.43. The van der Waals surface area contributed by atoms with Gasteiger partial charge in [-0.05, 0) is 46.1 Å². The number of ether oxygens (including phenoxy) is 1. The molecule has 0 saturated carbocycles. The van der Waals surface area contributed by atoms with Gasteiger partial charge in [-0.1, -0.05) is 0 Å². The molecule has 2 aliphatic rings. The molecule has 4 nitrogen and oxygen atoms in total. The van der Waals surface area contributed by atoms with Gasteiger partial charge >= 0.3 is 6.09 Å². The van der Waals surface area contributed by atoms with Gasteiger partial charge in [0.15, 0.2) is 0 Å². The van der Waals surface area contributed by atoms with Gasteiger partial charge in [-0.25, -0.2) is 4.79 Å². The largest absolute Gasteiger partial charge is 0.444 e. The first-order chi connectivity index (χ1) is 7.47. The second kappa shape index (κ2) is 4.24. The van der Waals surface area contributed by atoms with Crippen LogP contribution < -0.4 is 5.32 Å². The molecule has 92 valence electrons. The van der Waals surface area contributed by atoms with Gasteiger partial charge < -0.3 is 15.0 Å². The molecule has 0 radical (unpaired) electrons. The monoisotopic (exact) mass is 226 g/mol. The van der Waals surface area contributed by atoms with Gasteiger partial charge in [-0.3, -0.25) is 0 Å². The van der Waals surface area contributed by atoms with Crippen molar-refractivity contribution in [3.05, 3.63) is 0 Å². The van der Waals surface area contributed by atoms with Crippen LogP contribution in [0.1, 0.15) is 33.6 Å². The third kappa shape index (κ3) is 2.48. The molecule has 4 heteroatoms. The lowest BCUT2D eigenvalue weighted by Crippen LogP contribution is -2.61. The van der Waals surface area contributed by atoms with Crippen LogP contribution in [0.2, 0.25) is 0 Å². The van der Waals surface area contributed by atoms with E-state index < -0.39 is 0 Å². The highest BCUT2D eigenvalue weighted by molar-refractivity contribution is 5.69. The molecule has 16 heavy (non-hydrogen) atoms. The zero-order valence-corrected chi connectivity index (χ0v) is 10.5. The number of amides is 1. The minimum absolute atomic E-state index is 0.155. The minimum atomic E-state index is -0.389. The molecular weight excluding hydrogens is 204 g/mol. The lowest BCUT2D eigenvalue weighted by Gasteiger charge is -2.47. The van der Waals surface area contributed by atoms with Crippen molar-refractivity contribution in [3.63, 3.8) is 0 Å². The van der Waals surface area contributed by atoms with Crippen LogP contribution in [-0.4, -0.2) is 42.3 Å². The summed E-state index contributed by atoms with van der Waals surface area (Å²) in [5, 5.41) is 3.38. The Morgan fingerprint density at radius 2 is 2.19 bits per heavy atom. The number of nitrogens with one attached hydrogen (secondary N) is 1. The Bertz CT molecular complexity index is 273. The highest BCUT2D eigenvalue weighted by Crippen LogP contribution is 2.31. The van der Waals surface area contributed by atoms with Crippen molar-refractivity contribution in [2.24, 2.45) is 5.92 Å². The van der Waals surface area contributed by atoms with Crippen LogP contribution in [-0.2, 0) is 4.74 Å². The van der Waals surface area contributed by atoms with Crippen LogP contribution in [0.3, 0.4) is 0 Å². The van der Waals surface area contributed by atoms with Crippen molar-refractivity contribution in [1.82, 2.24) is 10.2 Å². The lowest BCUT2D eigenvalue weighted by molar-refractivity contribution is -0.0285. The molecule has 2 rings (SSSR count). The summed E-state index contributed by atoms with van der Waals surface area (Å²) in [7, 11) is 0. The maximum Gasteiger partial charge on any atom is 0.410 e. The van der Waals surface area contributed by atoms with Gasteiger partial charge in [-0.15, -0.1) is 0 Å². The van der Waals surface area contributed by atoms with Gasteiger partial charge in [0.25, 0.3) is 0 Å². The molecule has 0 spiro atoms. The molecule has 0 aromatic rings. The molecule has 0 bridgehead atoms. The number of hydrogen-bond donors (Lipinski definition) is 1. The number of carbonyl (C=O) groups is 1. The Morgan fingerprint density at radius 3 is 2.88 bits per heavy atom. The van der Waals surface area contributed by atoms with E-state index in [2.05, 4.69) is 5.32 Å². The fourth-order valence-electron chi connectivity index (χ4n) is 2.46. The summed E-state index contributed by atoms with van der Waals surface area (Å²) in [6.07, 6.45) is 2.30. The highest BCUT2D eigenvalue weighted by atomic mass is 16.6. The number of hydrogen-bond acceptors (Lipinski definition) is 3. The summed E-state index contributed by atoms with van der Waals surface area (Å²) < 4.78 is 5.39. The molecule has 0 aromatic heterocycles. The van der Waals surface area contributed by atoms with Crippen molar-refractivity contribution in [1.29, 1.82) is 0 Å². The van der Waals surface area contributed by atoms with Crippen molar-refractivity contribution in [3.8, 4) is 0 Å². The standard InChI is InChI=1S/C12H22N2O2/c1-12(2,3)16-11(15)14-8-9-5-4-6-13-7-10(9)14/h9-10,13H,4-8H2,1-3H3/t9-,10-/m1/s1. The van der Waals surface area contributed by atoms with Gasteiger partial charge in [0.1, 0.15) is 5.60 Å². The molecule has 1 N–H and O–H groups in total. The molecular formula is C12H22N2O2. The number of rotatable bonds is 0. The average Bonchev–Trinajstić information content (AvgIpc) is 2.25. The molecule has 0 unspecified atom stereocenters. The fourth-order valence-corrected chi connectivity index (χ4v) is 2.46. The summed E-state index contributed by atoms with van der Waals surface area (Å²) in [5.74, 6) is 0.683. The summed E-state index contributed by atoms with van der Waals surface area (Å²) in [6, 6.07) is 0.359. The third-order valence-corrected chi connectivity index (χ3v) is 3.29. The zero-order valence-electron chi connectivity index (χ0n) is 10.5. The molecule has 1 amide bonds. The summed E-state index contributed by atoms with van der Waals surface area (Å²) in [4.78, 5) is 13.8. The van der Waals surface area contributed by atoms with E-state index in [1.54, 1.807) is 0 Å². The molecule has 0 aliphatic carbocycles. The van der Waals surface area contributed by atoms with E-state index in [9.17, 15) is 4.79 Å². The van der Waals surface area contributed by atoms with Gasteiger partial charge in [-0.2, -0.15) is 0 Å². The minimum Gasteiger partial charge on any atom is -0.444 e. The second-order valence-electron chi connectivity index (χ2n) is 5.81. The molecule has 2 heterocycles. The van der Waals surface area contributed by atoms with Crippen LogP contribution in [0.5, 0.6) is 0 Å². The first-order valence-corrected chi connectivity index (χ1v) is 6.18.